The van der Waals surface area contributed by atoms with Gasteiger partial charge in [-0.3, -0.25) is 9.82 Å². The van der Waals surface area contributed by atoms with Gasteiger partial charge in [0.25, 0.3) is 0 Å². The van der Waals surface area contributed by atoms with Crippen LogP contribution in [0.3, 0.4) is 0 Å². The summed E-state index contributed by atoms with van der Waals surface area (Å²) in [5.41, 5.74) is 8.33. The monoisotopic (exact) mass is 576 g/mol. The highest BCUT2D eigenvalue weighted by atomic mass is 35.5. The zero-order valence-corrected chi connectivity index (χ0v) is 24.1. The Morgan fingerprint density at radius 2 is 2.00 bits per heavy atom. The second-order valence-corrected chi connectivity index (χ2v) is 13.8. The molecule has 2 aliphatic rings. The van der Waals surface area contributed by atoms with Crippen LogP contribution in [-0.4, -0.2) is 51.9 Å². The summed E-state index contributed by atoms with van der Waals surface area (Å²) in [4.78, 5) is 16.6. The highest BCUT2D eigenvalue weighted by molar-refractivity contribution is 7.99. The van der Waals surface area contributed by atoms with Crippen LogP contribution in [0.4, 0.5) is 11.6 Å². The predicted octanol–water partition coefficient (Wildman–Crippen LogP) is 3.43. The van der Waals surface area contributed by atoms with Gasteiger partial charge in [-0.25, -0.2) is 19.2 Å². The molecule has 38 heavy (non-hydrogen) atoms. The Kier molecular flexibility index (Phi) is 7.46. The lowest BCUT2D eigenvalue weighted by atomic mass is 9.67. The Balaban J connectivity index is 1.37. The van der Waals surface area contributed by atoms with Gasteiger partial charge < -0.3 is 15.7 Å². The predicted molar refractivity (Wildman–Crippen MR) is 150 cm³/mol. The molecule has 5 heterocycles. The first-order valence-corrected chi connectivity index (χ1v) is 14.9. The first-order valence-electron chi connectivity index (χ1n) is 12.5. The Morgan fingerprint density at radius 1 is 1.26 bits per heavy atom. The van der Waals surface area contributed by atoms with Gasteiger partial charge in [-0.1, -0.05) is 23.4 Å². The molecule has 1 fully saturated rings. The van der Waals surface area contributed by atoms with Crippen LogP contribution in [0.2, 0.25) is 5.02 Å². The molecule has 2 aliphatic heterocycles. The van der Waals surface area contributed by atoms with Gasteiger partial charge in [-0.2, -0.15) is 5.10 Å². The molecular weight excluding hydrogens is 544 g/mol. The fourth-order valence-electron chi connectivity index (χ4n) is 5.66. The highest BCUT2D eigenvalue weighted by Gasteiger charge is 2.50. The van der Waals surface area contributed by atoms with E-state index in [1.807, 2.05) is 27.0 Å². The number of hydrogen-bond acceptors (Lipinski definition) is 9. The van der Waals surface area contributed by atoms with Crippen molar-refractivity contribution in [2.24, 2.45) is 10.6 Å². The van der Waals surface area contributed by atoms with E-state index in [0.717, 1.165) is 49.5 Å². The molecule has 0 radical (unpaired) electrons. The third-order valence-electron chi connectivity index (χ3n) is 7.92. The SMILES string of the molecule is Cc1nc(N2CCC3(CC2)Cn2nccc2[C@H]3CC(C)(C)[S@@](N)=O)c(CO)nc1Sc1ccnc(N)c1Cl. The number of piperidine rings is 1. The van der Waals surface area contributed by atoms with E-state index in [4.69, 9.17) is 32.4 Å². The van der Waals surface area contributed by atoms with Crippen molar-refractivity contribution in [1.29, 1.82) is 0 Å². The number of aliphatic hydroxyl groups is 1. The van der Waals surface area contributed by atoms with E-state index in [1.54, 1.807) is 12.3 Å². The normalized spacial score (nSPS) is 19.6. The number of rotatable bonds is 7. The number of aromatic nitrogens is 5. The smallest absolute Gasteiger partial charge is 0.153 e. The van der Waals surface area contributed by atoms with Crippen LogP contribution in [0.15, 0.2) is 34.4 Å². The largest absolute Gasteiger partial charge is 0.390 e. The summed E-state index contributed by atoms with van der Waals surface area (Å²) in [6, 6.07) is 3.87. The maximum atomic E-state index is 12.3. The second kappa shape index (κ2) is 10.4. The van der Waals surface area contributed by atoms with Crippen molar-refractivity contribution in [1.82, 2.24) is 24.7 Å². The Morgan fingerprint density at radius 3 is 2.68 bits per heavy atom. The minimum Gasteiger partial charge on any atom is -0.390 e. The third-order valence-corrected chi connectivity index (χ3v) is 10.8. The average molecular weight is 577 g/mol. The van der Waals surface area contributed by atoms with Crippen LogP contribution >= 0.6 is 23.4 Å². The molecule has 1 spiro atoms. The highest BCUT2D eigenvalue weighted by Crippen LogP contribution is 2.54. The van der Waals surface area contributed by atoms with Gasteiger partial charge in [0.05, 0.1) is 33.1 Å². The molecule has 1 saturated heterocycles. The third kappa shape index (κ3) is 4.92. The first kappa shape index (κ1) is 27.3. The number of nitrogens with zero attached hydrogens (tertiary/aromatic N) is 6. The number of pyridine rings is 1. The first-order chi connectivity index (χ1) is 18.0. The number of nitrogens with two attached hydrogens (primary N) is 2. The lowest BCUT2D eigenvalue weighted by molar-refractivity contribution is 0.155. The number of anilines is 2. The van der Waals surface area contributed by atoms with Crippen LogP contribution in [0.5, 0.6) is 0 Å². The summed E-state index contributed by atoms with van der Waals surface area (Å²) in [5.74, 6) is 1.19. The number of halogens is 1. The van der Waals surface area contributed by atoms with Crippen molar-refractivity contribution in [2.75, 3.05) is 23.7 Å². The minimum atomic E-state index is -1.43. The number of aliphatic hydroxyl groups excluding tert-OH is 1. The van der Waals surface area contributed by atoms with E-state index in [-0.39, 0.29) is 23.8 Å². The van der Waals surface area contributed by atoms with Crippen LogP contribution < -0.4 is 15.8 Å². The van der Waals surface area contributed by atoms with Crippen LogP contribution in [-0.2, 0) is 24.1 Å². The molecule has 2 atom stereocenters. The maximum Gasteiger partial charge on any atom is 0.153 e. The van der Waals surface area contributed by atoms with Gasteiger partial charge in [0.2, 0.25) is 0 Å². The molecule has 3 aromatic rings. The van der Waals surface area contributed by atoms with Crippen molar-refractivity contribution in [3.8, 4) is 0 Å². The summed E-state index contributed by atoms with van der Waals surface area (Å²) in [5, 5.41) is 21.7. The fourth-order valence-corrected chi connectivity index (χ4v) is 7.10. The van der Waals surface area contributed by atoms with Gasteiger partial charge in [-0.15, -0.1) is 0 Å². The maximum absolute atomic E-state index is 12.3. The molecule has 204 valence electrons. The average Bonchev–Trinajstić information content (AvgIpc) is 3.43. The number of nitrogen functional groups attached to an aromatic ring is 1. The Hall–Kier alpha value is -2.25. The summed E-state index contributed by atoms with van der Waals surface area (Å²) in [6.45, 7) is 8.02. The topological polar surface area (TPSA) is 149 Å². The van der Waals surface area contributed by atoms with Gasteiger partial charge in [0, 0.05) is 54.0 Å². The molecule has 13 heteroatoms. The lowest BCUT2D eigenvalue weighted by Crippen LogP contribution is -2.45. The van der Waals surface area contributed by atoms with Crippen molar-refractivity contribution < 1.29 is 9.32 Å². The van der Waals surface area contributed by atoms with Gasteiger partial charge in [0.1, 0.15) is 16.5 Å². The van der Waals surface area contributed by atoms with E-state index < -0.39 is 15.7 Å². The molecule has 0 amide bonds. The molecule has 0 bridgehead atoms. The number of hydrogen-bond donors (Lipinski definition) is 3. The Labute approximate surface area is 234 Å². The molecule has 5 rings (SSSR count). The standard InChI is InChI=1S/C25H33ClN8O2S2/c1-15-23(37-19-5-8-29-21(27)20(19)26)32-17(13-35)22(31-15)33-10-6-25(7-11-33)14-34-18(4-9-30-34)16(25)12-24(2,3)38(28)36/h4-5,8-9,16,35H,6-7,10-14,28H2,1-3H3,(H2,27,29)/t16-,38+/m1/s1. The molecule has 10 nitrogen and oxygen atoms in total. The Bertz CT molecular complexity index is 1370. The van der Waals surface area contributed by atoms with Crippen LogP contribution in [0.25, 0.3) is 0 Å². The molecule has 0 aromatic carbocycles. The lowest BCUT2D eigenvalue weighted by Gasteiger charge is -2.44. The molecule has 0 saturated carbocycles. The molecule has 5 N–H and O–H groups in total. The second-order valence-electron chi connectivity index (χ2n) is 10.7. The van der Waals surface area contributed by atoms with Gasteiger partial charge in [0.15, 0.2) is 5.82 Å². The minimum absolute atomic E-state index is 0.00635. The summed E-state index contributed by atoms with van der Waals surface area (Å²) >= 11 is 7.69. The zero-order valence-electron chi connectivity index (χ0n) is 21.7. The molecule has 0 unspecified atom stereocenters. The summed E-state index contributed by atoms with van der Waals surface area (Å²) in [7, 11) is -1.43. The van der Waals surface area contributed by atoms with E-state index in [0.29, 0.717) is 21.6 Å². The van der Waals surface area contributed by atoms with Crippen LogP contribution in [0, 0.1) is 12.3 Å². The molecule has 0 aliphatic carbocycles. The summed E-state index contributed by atoms with van der Waals surface area (Å²) in [6.07, 6.45) is 6.02. The van der Waals surface area contributed by atoms with Gasteiger partial charge >= 0.3 is 0 Å². The van der Waals surface area contributed by atoms with E-state index in [1.165, 1.54) is 17.5 Å². The molecule has 3 aromatic heterocycles. The van der Waals surface area contributed by atoms with Gasteiger partial charge in [-0.05, 0) is 52.2 Å². The molecular formula is C25H33ClN8O2S2. The summed E-state index contributed by atoms with van der Waals surface area (Å²) < 4.78 is 13.9. The zero-order chi connectivity index (χ0) is 27.2. The fraction of sp³-hybridized carbons (Fsp3) is 0.520. The van der Waals surface area contributed by atoms with Crippen molar-refractivity contribution in [3.63, 3.8) is 0 Å². The van der Waals surface area contributed by atoms with Crippen molar-refractivity contribution >= 4 is 46.0 Å². The van der Waals surface area contributed by atoms with E-state index in [2.05, 4.69) is 25.7 Å². The quantitative estimate of drug-likeness (QED) is 0.384. The number of aryl methyl sites for hydroxylation is 1. The van der Waals surface area contributed by atoms with Crippen molar-refractivity contribution in [3.05, 3.63) is 46.6 Å². The van der Waals surface area contributed by atoms with Crippen molar-refractivity contribution in [2.45, 2.75) is 73.8 Å². The van der Waals surface area contributed by atoms with E-state index in [9.17, 15) is 9.32 Å². The van der Waals surface area contributed by atoms with Crippen LogP contribution in [0.1, 0.15) is 56.1 Å². The van der Waals surface area contributed by atoms with E-state index >= 15 is 0 Å². The number of fused-ring (bicyclic) bond motifs is 1.